The molecule has 0 aliphatic rings. The van der Waals surface area contributed by atoms with Gasteiger partial charge in [0, 0.05) is 11.6 Å². The lowest BCUT2D eigenvalue weighted by Crippen LogP contribution is -2.11. The van der Waals surface area contributed by atoms with E-state index >= 15 is 0 Å². The van der Waals surface area contributed by atoms with Gasteiger partial charge in [-0.05, 0) is 17.3 Å². The van der Waals surface area contributed by atoms with Crippen molar-refractivity contribution < 1.29 is 9.13 Å². The van der Waals surface area contributed by atoms with E-state index in [0.717, 1.165) is 5.56 Å². The van der Waals surface area contributed by atoms with Crippen molar-refractivity contribution >= 4 is 0 Å². The molecule has 0 amide bonds. The number of aromatic nitrogens is 4. The predicted molar refractivity (Wildman–Crippen MR) is 75.1 cm³/mol. The summed E-state index contributed by atoms with van der Waals surface area (Å²) in [6.07, 6.45) is 0. The third-order valence-electron chi connectivity index (χ3n) is 2.84. The molecule has 1 aromatic heterocycles. The van der Waals surface area contributed by atoms with Gasteiger partial charge >= 0.3 is 0 Å². The van der Waals surface area contributed by atoms with Crippen LogP contribution in [0.1, 0.15) is 0 Å². The van der Waals surface area contributed by atoms with Gasteiger partial charge in [0.25, 0.3) is 0 Å². The van der Waals surface area contributed by atoms with Crippen LogP contribution in [0.15, 0.2) is 54.6 Å². The second kappa shape index (κ2) is 6.13. The molecular weight excluding hydrogens is 271 g/mol. The molecule has 0 unspecified atom stereocenters. The standard InChI is InChI=1S/C15H13FN4O/c16-13-7-4-8-14(11-13)21-10-9-20-18-15(17-19-20)12-5-2-1-3-6-12/h1-8,11H,9-10H2. The van der Waals surface area contributed by atoms with Gasteiger partial charge in [0.2, 0.25) is 5.82 Å². The van der Waals surface area contributed by atoms with Crippen molar-refractivity contribution in [3.05, 3.63) is 60.4 Å². The number of hydrogen-bond acceptors (Lipinski definition) is 4. The summed E-state index contributed by atoms with van der Waals surface area (Å²) in [5, 5.41) is 12.2. The fraction of sp³-hybridized carbons (Fsp3) is 0.133. The maximum atomic E-state index is 13.0. The topological polar surface area (TPSA) is 52.8 Å². The van der Waals surface area contributed by atoms with Crippen molar-refractivity contribution in [2.45, 2.75) is 6.54 Å². The van der Waals surface area contributed by atoms with Crippen LogP contribution in [-0.4, -0.2) is 26.8 Å². The van der Waals surface area contributed by atoms with Crippen LogP contribution >= 0.6 is 0 Å². The van der Waals surface area contributed by atoms with E-state index in [1.165, 1.54) is 16.9 Å². The lowest BCUT2D eigenvalue weighted by atomic mass is 10.2. The van der Waals surface area contributed by atoms with Crippen LogP contribution in [0.4, 0.5) is 4.39 Å². The minimum Gasteiger partial charge on any atom is -0.491 e. The number of tetrazole rings is 1. The van der Waals surface area contributed by atoms with E-state index in [9.17, 15) is 4.39 Å². The van der Waals surface area contributed by atoms with Gasteiger partial charge in [-0.25, -0.2) is 4.39 Å². The molecule has 0 spiro atoms. The molecule has 0 fully saturated rings. The average Bonchev–Trinajstić information content (AvgIpc) is 2.97. The zero-order valence-corrected chi connectivity index (χ0v) is 11.2. The molecule has 3 rings (SSSR count). The SMILES string of the molecule is Fc1cccc(OCCn2nnc(-c3ccccc3)n2)c1. The Bertz CT molecular complexity index is 714. The zero-order chi connectivity index (χ0) is 14.5. The third-order valence-corrected chi connectivity index (χ3v) is 2.84. The van der Waals surface area contributed by atoms with E-state index in [0.29, 0.717) is 24.7 Å². The molecule has 5 nitrogen and oxygen atoms in total. The van der Waals surface area contributed by atoms with Crippen LogP contribution in [-0.2, 0) is 6.54 Å². The van der Waals surface area contributed by atoms with Crippen molar-refractivity contribution in [1.29, 1.82) is 0 Å². The molecule has 0 atom stereocenters. The van der Waals surface area contributed by atoms with E-state index in [2.05, 4.69) is 15.4 Å². The summed E-state index contributed by atoms with van der Waals surface area (Å²) >= 11 is 0. The molecular formula is C15H13FN4O. The molecule has 0 saturated carbocycles. The molecule has 0 saturated heterocycles. The quantitative estimate of drug-likeness (QED) is 0.722. The smallest absolute Gasteiger partial charge is 0.204 e. The maximum absolute atomic E-state index is 13.0. The first-order valence-corrected chi connectivity index (χ1v) is 6.53. The number of benzene rings is 2. The largest absolute Gasteiger partial charge is 0.491 e. The molecule has 2 aromatic carbocycles. The Morgan fingerprint density at radius 2 is 1.90 bits per heavy atom. The van der Waals surface area contributed by atoms with E-state index < -0.39 is 0 Å². The van der Waals surface area contributed by atoms with Gasteiger partial charge in [0.15, 0.2) is 0 Å². The number of hydrogen-bond donors (Lipinski definition) is 0. The first-order chi connectivity index (χ1) is 10.3. The van der Waals surface area contributed by atoms with Crippen molar-refractivity contribution in [2.24, 2.45) is 0 Å². The van der Waals surface area contributed by atoms with Crippen molar-refractivity contribution in [2.75, 3.05) is 6.61 Å². The Labute approximate surface area is 121 Å². The highest BCUT2D eigenvalue weighted by Gasteiger charge is 2.05. The van der Waals surface area contributed by atoms with E-state index in [1.54, 1.807) is 12.1 Å². The summed E-state index contributed by atoms with van der Waals surface area (Å²) in [7, 11) is 0. The van der Waals surface area contributed by atoms with Gasteiger partial charge in [-0.3, -0.25) is 0 Å². The highest BCUT2D eigenvalue weighted by atomic mass is 19.1. The van der Waals surface area contributed by atoms with Crippen molar-refractivity contribution in [3.63, 3.8) is 0 Å². The molecule has 0 aliphatic heterocycles. The monoisotopic (exact) mass is 284 g/mol. The Kier molecular flexibility index (Phi) is 3.86. The normalized spacial score (nSPS) is 10.5. The summed E-state index contributed by atoms with van der Waals surface area (Å²) in [4.78, 5) is 1.46. The first kappa shape index (κ1) is 13.2. The Balaban J connectivity index is 1.58. The molecule has 3 aromatic rings. The Hall–Kier alpha value is -2.76. The first-order valence-electron chi connectivity index (χ1n) is 6.53. The zero-order valence-electron chi connectivity index (χ0n) is 11.2. The molecule has 0 bridgehead atoms. The molecule has 0 radical (unpaired) electrons. The van der Waals surface area contributed by atoms with Crippen LogP contribution in [0.3, 0.4) is 0 Å². The second-order valence-electron chi connectivity index (χ2n) is 4.38. The second-order valence-corrected chi connectivity index (χ2v) is 4.38. The van der Waals surface area contributed by atoms with Gasteiger partial charge < -0.3 is 4.74 Å². The van der Waals surface area contributed by atoms with Gasteiger partial charge in [-0.2, -0.15) is 4.80 Å². The van der Waals surface area contributed by atoms with Crippen LogP contribution in [0.25, 0.3) is 11.4 Å². The van der Waals surface area contributed by atoms with E-state index in [-0.39, 0.29) is 5.82 Å². The van der Waals surface area contributed by atoms with Crippen LogP contribution in [0, 0.1) is 5.82 Å². The summed E-state index contributed by atoms with van der Waals surface area (Å²) in [6.45, 7) is 0.782. The van der Waals surface area contributed by atoms with Gasteiger partial charge in [0.05, 0.1) is 6.54 Å². The fourth-order valence-corrected chi connectivity index (χ4v) is 1.84. The number of nitrogens with zero attached hydrogens (tertiary/aromatic N) is 4. The summed E-state index contributed by atoms with van der Waals surface area (Å²) in [6, 6.07) is 15.6. The van der Waals surface area contributed by atoms with Crippen molar-refractivity contribution in [1.82, 2.24) is 20.2 Å². The molecule has 1 heterocycles. The fourth-order valence-electron chi connectivity index (χ4n) is 1.84. The number of halogens is 1. The van der Waals surface area contributed by atoms with Gasteiger partial charge in [0.1, 0.15) is 18.2 Å². The third kappa shape index (κ3) is 3.42. The molecule has 0 N–H and O–H groups in total. The molecule has 21 heavy (non-hydrogen) atoms. The van der Waals surface area contributed by atoms with Crippen LogP contribution in [0.2, 0.25) is 0 Å². The van der Waals surface area contributed by atoms with E-state index in [4.69, 9.17) is 4.74 Å². The predicted octanol–water partition coefficient (Wildman–Crippen LogP) is 2.56. The minimum absolute atomic E-state index is 0.322. The molecule has 0 aliphatic carbocycles. The lowest BCUT2D eigenvalue weighted by Gasteiger charge is -2.04. The maximum Gasteiger partial charge on any atom is 0.204 e. The molecule has 6 heteroatoms. The van der Waals surface area contributed by atoms with Crippen LogP contribution < -0.4 is 4.74 Å². The highest BCUT2D eigenvalue weighted by Crippen LogP contribution is 2.13. The Morgan fingerprint density at radius 1 is 1.05 bits per heavy atom. The summed E-state index contributed by atoms with van der Waals surface area (Å²) < 4.78 is 18.4. The van der Waals surface area contributed by atoms with Gasteiger partial charge in [-0.15, -0.1) is 10.2 Å². The highest BCUT2D eigenvalue weighted by molar-refractivity contribution is 5.52. The molecule has 106 valence electrons. The van der Waals surface area contributed by atoms with Crippen LogP contribution in [0.5, 0.6) is 5.75 Å². The van der Waals surface area contributed by atoms with E-state index in [1.807, 2.05) is 30.3 Å². The number of ether oxygens (including phenoxy) is 1. The number of rotatable bonds is 5. The summed E-state index contributed by atoms with van der Waals surface area (Å²) in [5.41, 5.74) is 0.912. The van der Waals surface area contributed by atoms with Crippen molar-refractivity contribution in [3.8, 4) is 17.1 Å². The average molecular weight is 284 g/mol. The van der Waals surface area contributed by atoms with Gasteiger partial charge in [-0.1, -0.05) is 36.4 Å². The Morgan fingerprint density at radius 3 is 2.71 bits per heavy atom. The minimum atomic E-state index is -0.322. The lowest BCUT2D eigenvalue weighted by molar-refractivity contribution is 0.279. The summed E-state index contributed by atoms with van der Waals surface area (Å²) in [5.74, 6) is 0.734.